The zero-order chi connectivity index (χ0) is 12.3. The van der Waals surface area contributed by atoms with E-state index >= 15 is 0 Å². The molecular weight excluding hydrogens is 278 g/mol. The average molecular weight is 292 g/mol. The zero-order valence-corrected chi connectivity index (χ0v) is 11.5. The van der Waals surface area contributed by atoms with Gasteiger partial charge in [0.2, 0.25) is 0 Å². The molecule has 1 aromatic carbocycles. The molecular formula is C14H14BrNO. The van der Waals surface area contributed by atoms with Crippen LogP contribution in [0.3, 0.4) is 0 Å². The number of rotatable bonds is 3. The normalized spacial score (nSPS) is 10.3. The van der Waals surface area contributed by atoms with Crippen LogP contribution in [0.25, 0.3) is 0 Å². The van der Waals surface area contributed by atoms with Crippen molar-refractivity contribution < 1.29 is 4.74 Å². The van der Waals surface area contributed by atoms with Gasteiger partial charge in [-0.25, -0.2) is 0 Å². The standard InChI is InChI=1S/C14H14BrNO/c1-10-7-12(8-15)4-6-14(10)17-13-5-3-11(2)16-9-13/h3-7,9H,8H2,1-2H3. The van der Waals surface area contributed by atoms with E-state index in [1.54, 1.807) is 6.20 Å². The summed E-state index contributed by atoms with van der Waals surface area (Å²) in [4.78, 5) is 4.21. The van der Waals surface area contributed by atoms with Gasteiger partial charge in [-0.2, -0.15) is 0 Å². The van der Waals surface area contributed by atoms with Gasteiger partial charge in [0.1, 0.15) is 11.5 Å². The molecule has 2 nitrogen and oxygen atoms in total. The fraction of sp³-hybridized carbons (Fsp3) is 0.214. The average Bonchev–Trinajstić information content (AvgIpc) is 2.34. The lowest BCUT2D eigenvalue weighted by atomic mass is 10.1. The summed E-state index contributed by atoms with van der Waals surface area (Å²) in [5.41, 5.74) is 3.36. The molecule has 0 saturated heterocycles. The fourth-order valence-corrected chi connectivity index (χ4v) is 1.90. The van der Waals surface area contributed by atoms with Crippen molar-refractivity contribution in [2.45, 2.75) is 19.2 Å². The first-order valence-corrected chi connectivity index (χ1v) is 6.57. The van der Waals surface area contributed by atoms with Gasteiger partial charge >= 0.3 is 0 Å². The lowest BCUT2D eigenvalue weighted by molar-refractivity contribution is 0.476. The number of hydrogen-bond acceptors (Lipinski definition) is 2. The van der Waals surface area contributed by atoms with Crippen molar-refractivity contribution >= 4 is 15.9 Å². The number of alkyl halides is 1. The summed E-state index contributed by atoms with van der Waals surface area (Å²) >= 11 is 3.44. The van der Waals surface area contributed by atoms with Gasteiger partial charge in [-0.3, -0.25) is 4.98 Å². The van der Waals surface area contributed by atoms with Crippen LogP contribution in [0.4, 0.5) is 0 Å². The summed E-state index contributed by atoms with van der Waals surface area (Å²) in [5.74, 6) is 1.64. The van der Waals surface area contributed by atoms with Gasteiger partial charge in [-0.05, 0) is 43.2 Å². The number of pyridine rings is 1. The monoisotopic (exact) mass is 291 g/mol. The topological polar surface area (TPSA) is 22.1 Å². The first-order valence-electron chi connectivity index (χ1n) is 5.45. The first kappa shape index (κ1) is 12.1. The summed E-state index contributed by atoms with van der Waals surface area (Å²) < 4.78 is 5.79. The molecule has 0 N–H and O–H groups in total. The molecule has 0 aliphatic rings. The van der Waals surface area contributed by atoms with Crippen LogP contribution in [-0.2, 0) is 5.33 Å². The van der Waals surface area contributed by atoms with Crippen molar-refractivity contribution in [2.24, 2.45) is 0 Å². The van der Waals surface area contributed by atoms with E-state index < -0.39 is 0 Å². The molecule has 0 fully saturated rings. The van der Waals surface area contributed by atoms with Crippen molar-refractivity contribution in [2.75, 3.05) is 0 Å². The highest BCUT2D eigenvalue weighted by Gasteiger charge is 2.02. The van der Waals surface area contributed by atoms with Crippen molar-refractivity contribution in [3.05, 3.63) is 53.3 Å². The van der Waals surface area contributed by atoms with Crippen LogP contribution in [0, 0.1) is 13.8 Å². The summed E-state index contributed by atoms with van der Waals surface area (Å²) in [6, 6.07) is 10.0. The Bertz CT molecular complexity index is 508. The maximum absolute atomic E-state index is 5.79. The number of aryl methyl sites for hydroxylation is 2. The highest BCUT2D eigenvalue weighted by molar-refractivity contribution is 9.08. The predicted octanol–water partition coefficient (Wildman–Crippen LogP) is 4.39. The highest BCUT2D eigenvalue weighted by Crippen LogP contribution is 2.25. The number of benzene rings is 1. The van der Waals surface area contributed by atoms with Crippen LogP contribution in [0.1, 0.15) is 16.8 Å². The molecule has 0 aliphatic heterocycles. The molecule has 17 heavy (non-hydrogen) atoms. The van der Waals surface area contributed by atoms with E-state index in [1.165, 1.54) is 5.56 Å². The summed E-state index contributed by atoms with van der Waals surface area (Å²) in [6.07, 6.45) is 1.74. The third kappa shape index (κ3) is 3.07. The van der Waals surface area contributed by atoms with Gasteiger partial charge in [-0.15, -0.1) is 0 Å². The van der Waals surface area contributed by atoms with Crippen LogP contribution in [0.5, 0.6) is 11.5 Å². The van der Waals surface area contributed by atoms with Crippen LogP contribution in [0.15, 0.2) is 36.5 Å². The molecule has 1 heterocycles. The van der Waals surface area contributed by atoms with E-state index in [1.807, 2.05) is 32.0 Å². The van der Waals surface area contributed by atoms with E-state index in [9.17, 15) is 0 Å². The minimum absolute atomic E-state index is 0.769. The minimum Gasteiger partial charge on any atom is -0.455 e. The maximum Gasteiger partial charge on any atom is 0.145 e. The van der Waals surface area contributed by atoms with Crippen molar-refractivity contribution in [1.29, 1.82) is 0 Å². The number of hydrogen-bond donors (Lipinski definition) is 0. The second kappa shape index (κ2) is 5.32. The predicted molar refractivity (Wildman–Crippen MR) is 72.9 cm³/mol. The Labute approximate surface area is 110 Å². The van der Waals surface area contributed by atoms with Gasteiger partial charge in [0.15, 0.2) is 0 Å². The lowest BCUT2D eigenvalue weighted by Crippen LogP contribution is -1.90. The number of halogens is 1. The third-order valence-electron chi connectivity index (χ3n) is 2.51. The Hall–Kier alpha value is -1.35. The molecule has 0 amide bonds. The van der Waals surface area contributed by atoms with Crippen LogP contribution in [0.2, 0.25) is 0 Å². The third-order valence-corrected chi connectivity index (χ3v) is 3.15. The molecule has 2 aromatic rings. The van der Waals surface area contributed by atoms with E-state index in [4.69, 9.17) is 4.74 Å². The van der Waals surface area contributed by atoms with Gasteiger partial charge in [-0.1, -0.05) is 28.1 Å². The van der Waals surface area contributed by atoms with E-state index in [-0.39, 0.29) is 0 Å². The molecule has 0 spiro atoms. The van der Waals surface area contributed by atoms with Crippen LogP contribution >= 0.6 is 15.9 Å². The van der Waals surface area contributed by atoms with Crippen LogP contribution in [-0.4, -0.2) is 4.98 Å². The number of ether oxygens (including phenoxy) is 1. The molecule has 0 saturated carbocycles. The second-order valence-electron chi connectivity index (χ2n) is 3.97. The summed E-state index contributed by atoms with van der Waals surface area (Å²) in [7, 11) is 0. The highest BCUT2D eigenvalue weighted by atomic mass is 79.9. The molecule has 0 bridgehead atoms. The zero-order valence-electron chi connectivity index (χ0n) is 9.90. The lowest BCUT2D eigenvalue weighted by Gasteiger charge is -2.09. The Balaban J connectivity index is 2.21. The quantitative estimate of drug-likeness (QED) is 0.783. The van der Waals surface area contributed by atoms with Gasteiger partial charge < -0.3 is 4.74 Å². The Kier molecular flexibility index (Phi) is 3.79. The molecule has 0 aliphatic carbocycles. The van der Waals surface area contributed by atoms with Gasteiger partial charge in [0, 0.05) is 11.0 Å². The molecule has 0 radical (unpaired) electrons. The summed E-state index contributed by atoms with van der Waals surface area (Å²) in [5, 5.41) is 0.861. The first-order chi connectivity index (χ1) is 8.19. The van der Waals surface area contributed by atoms with Gasteiger partial charge in [0.05, 0.1) is 6.20 Å². The molecule has 2 rings (SSSR count). The van der Waals surface area contributed by atoms with E-state index in [0.29, 0.717) is 0 Å². The minimum atomic E-state index is 0.769. The molecule has 3 heteroatoms. The van der Waals surface area contributed by atoms with E-state index in [2.05, 4.69) is 33.0 Å². The van der Waals surface area contributed by atoms with Crippen molar-refractivity contribution in [1.82, 2.24) is 4.98 Å². The van der Waals surface area contributed by atoms with Crippen molar-refractivity contribution in [3.8, 4) is 11.5 Å². The smallest absolute Gasteiger partial charge is 0.145 e. The Morgan fingerprint density at radius 2 is 2.00 bits per heavy atom. The van der Waals surface area contributed by atoms with Gasteiger partial charge in [0.25, 0.3) is 0 Å². The number of nitrogens with zero attached hydrogens (tertiary/aromatic N) is 1. The van der Waals surface area contributed by atoms with E-state index in [0.717, 1.165) is 28.1 Å². The molecule has 1 aromatic heterocycles. The second-order valence-corrected chi connectivity index (χ2v) is 4.53. The Morgan fingerprint density at radius 3 is 2.59 bits per heavy atom. The number of aromatic nitrogens is 1. The molecule has 0 atom stereocenters. The SMILES string of the molecule is Cc1ccc(Oc2ccc(CBr)cc2C)cn1. The summed E-state index contributed by atoms with van der Waals surface area (Å²) in [6.45, 7) is 4.00. The van der Waals surface area contributed by atoms with Crippen LogP contribution < -0.4 is 4.74 Å². The fourth-order valence-electron chi connectivity index (χ4n) is 1.55. The molecule has 0 unspecified atom stereocenters. The van der Waals surface area contributed by atoms with Crippen molar-refractivity contribution in [3.63, 3.8) is 0 Å². The Morgan fingerprint density at radius 1 is 1.18 bits per heavy atom. The largest absolute Gasteiger partial charge is 0.455 e. The maximum atomic E-state index is 5.79. The molecule has 88 valence electrons.